The average Bonchev–Trinajstić information content (AvgIpc) is 3.02. The number of ether oxygens (including phenoxy) is 2. The largest absolute Gasteiger partial charge is 0.454 e. The van der Waals surface area contributed by atoms with Crippen molar-refractivity contribution < 1.29 is 19.1 Å². The molecule has 1 aliphatic rings. The molecule has 1 heterocycles. The maximum absolute atomic E-state index is 12.2. The van der Waals surface area contributed by atoms with Crippen molar-refractivity contribution in [2.75, 3.05) is 19.2 Å². The molecule has 0 aromatic heterocycles. The first kappa shape index (κ1) is 13.9. The highest BCUT2D eigenvalue weighted by molar-refractivity contribution is 6.05. The van der Waals surface area contributed by atoms with Crippen molar-refractivity contribution in [3.8, 4) is 11.5 Å². The first-order chi connectivity index (χ1) is 10.7. The third-order valence-electron chi connectivity index (χ3n) is 3.27. The fourth-order valence-electron chi connectivity index (χ4n) is 2.09. The van der Waals surface area contributed by atoms with Gasteiger partial charge in [0.15, 0.2) is 11.5 Å². The molecule has 0 spiro atoms. The van der Waals surface area contributed by atoms with Crippen LogP contribution in [0.3, 0.4) is 0 Å². The molecule has 1 aliphatic heterocycles. The lowest BCUT2D eigenvalue weighted by atomic mass is 10.1. The maximum atomic E-state index is 12.2. The Kier molecular flexibility index (Phi) is 3.65. The van der Waals surface area contributed by atoms with E-state index in [1.807, 2.05) is 0 Å². The van der Waals surface area contributed by atoms with Crippen LogP contribution in [0.1, 0.15) is 20.7 Å². The van der Waals surface area contributed by atoms with Gasteiger partial charge in [0, 0.05) is 23.9 Å². The van der Waals surface area contributed by atoms with Gasteiger partial charge < -0.3 is 20.1 Å². The SMILES string of the molecule is CNC(=O)c1ccc(NC(=O)c2ccc3c(c2)OCO3)cc1. The molecule has 0 atom stereocenters. The Bertz CT molecular complexity index is 725. The van der Waals surface area contributed by atoms with Crippen molar-refractivity contribution in [2.45, 2.75) is 0 Å². The van der Waals surface area contributed by atoms with Crippen LogP contribution < -0.4 is 20.1 Å². The lowest BCUT2D eigenvalue weighted by Gasteiger charge is -2.07. The molecular weight excluding hydrogens is 284 g/mol. The highest BCUT2D eigenvalue weighted by atomic mass is 16.7. The summed E-state index contributed by atoms with van der Waals surface area (Å²) in [5, 5.41) is 5.31. The van der Waals surface area contributed by atoms with Gasteiger partial charge in [0.25, 0.3) is 11.8 Å². The molecule has 3 rings (SSSR count). The molecule has 22 heavy (non-hydrogen) atoms. The van der Waals surface area contributed by atoms with Crippen LogP contribution in [0.15, 0.2) is 42.5 Å². The molecule has 6 heteroatoms. The Labute approximate surface area is 127 Å². The molecule has 0 saturated carbocycles. The van der Waals surface area contributed by atoms with Gasteiger partial charge in [-0.15, -0.1) is 0 Å². The van der Waals surface area contributed by atoms with Gasteiger partial charge in [-0.2, -0.15) is 0 Å². The zero-order valence-corrected chi connectivity index (χ0v) is 11.9. The van der Waals surface area contributed by atoms with Gasteiger partial charge in [-0.1, -0.05) is 0 Å². The van der Waals surface area contributed by atoms with Crippen molar-refractivity contribution in [3.63, 3.8) is 0 Å². The second-order valence-corrected chi connectivity index (χ2v) is 4.68. The third-order valence-corrected chi connectivity index (χ3v) is 3.27. The minimum atomic E-state index is -0.258. The van der Waals surface area contributed by atoms with E-state index in [4.69, 9.17) is 9.47 Å². The zero-order chi connectivity index (χ0) is 15.5. The van der Waals surface area contributed by atoms with Crippen LogP contribution >= 0.6 is 0 Å². The van der Waals surface area contributed by atoms with Gasteiger partial charge in [-0.05, 0) is 42.5 Å². The van der Waals surface area contributed by atoms with Crippen LogP contribution in [-0.4, -0.2) is 25.7 Å². The summed E-state index contributed by atoms with van der Waals surface area (Å²) >= 11 is 0. The maximum Gasteiger partial charge on any atom is 0.255 e. The number of hydrogen-bond donors (Lipinski definition) is 2. The number of rotatable bonds is 3. The van der Waals surface area contributed by atoms with Crippen LogP contribution in [0.4, 0.5) is 5.69 Å². The monoisotopic (exact) mass is 298 g/mol. The summed E-state index contributed by atoms with van der Waals surface area (Å²) in [5.74, 6) is 0.758. The molecule has 0 bridgehead atoms. The van der Waals surface area contributed by atoms with Crippen molar-refractivity contribution in [1.29, 1.82) is 0 Å². The molecule has 0 unspecified atom stereocenters. The van der Waals surface area contributed by atoms with Gasteiger partial charge in [0.2, 0.25) is 6.79 Å². The summed E-state index contributed by atoms with van der Waals surface area (Å²) in [6.45, 7) is 0.168. The predicted octanol–water partition coefficient (Wildman–Crippen LogP) is 2.03. The summed E-state index contributed by atoms with van der Waals surface area (Å²) in [5.41, 5.74) is 1.61. The van der Waals surface area contributed by atoms with Gasteiger partial charge in [0.1, 0.15) is 0 Å². The number of fused-ring (bicyclic) bond motifs is 1. The first-order valence-corrected chi connectivity index (χ1v) is 6.70. The Morgan fingerprint density at radius 3 is 2.32 bits per heavy atom. The summed E-state index contributed by atoms with van der Waals surface area (Å²) in [7, 11) is 1.57. The average molecular weight is 298 g/mol. The highest BCUT2D eigenvalue weighted by Gasteiger charge is 2.16. The quantitative estimate of drug-likeness (QED) is 0.909. The Hall–Kier alpha value is -3.02. The van der Waals surface area contributed by atoms with Crippen LogP contribution in [0, 0.1) is 0 Å². The minimum absolute atomic E-state index is 0.168. The third kappa shape index (κ3) is 2.71. The second kappa shape index (κ2) is 5.77. The van der Waals surface area contributed by atoms with E-state index in [9.17, 15) is 9.59 Å². The van der Waals surface area contributed by atoms with E-state index in [1.54, 1.807) is 49.5 Å². The summed E-state index contributed by atoms with van der Waals surface area (Å²) in [6, 6.07) is 11.7. The smallest absolute Gasteiger partial charge is 0.255 e. The number of benzene rings is 2. The number of anilines is 1. The second-order valence-electron chi connectivity index (χ2n) is 4.68. The number of hydrogen-bond acceptors (Lipinski definition) is 4. The molecule has 0 radical (unpaired) electrons. The molecular formula is C16H14N2O4. The molecule has 6 nitrogen and oxygen atoms in total. The van der Waals surface area contributed by atoms with E-state index in [-0.39, 0.29) is 18.6 Å². The van der Waals surface area contributed by atoms with E-state index in [2.05, 4.69) is 10.6 Å². The fraction of sp³-hybridized carbons (Fsp3) is 0.125. The van der Waals surface area contributed by atoms with E-state index >= 15 is 0 Å². The lowest BCUT2D eigenvalue weighted by molar-refractivity contribution is 0.0962. The zero-order valence-electron chi connectivity index (χ0n) is 11.9. The van der Waals surface area contributed by atoms with Crippen LogP contribution in [0.2, 0.25) is 0 Å². The molecule has 2 amide bonds. The number of carbonyl (C=O) groups is 2. The molecule has 2 N–H and O–H groups in total. The topological polar surface area (TPSA) is 76.7 Å². The fourth-order valence-corrected chi connectivity index (χ4v) is 2.09. The van der Waals surface area contributed by atoms with Crippen molar-refractivity contribution in [1.82, 2.24) is 5.32 Å². The van der Waals surface area contributed by atoms with E-state index < -0.39 is 0 Å². The normalized spacial score (nSPS) is 11.9. The molecule has 0 aliphatic carbocycles. The Morgan fingerprint density at radius 1 is 0.909 bits per heavy atom. The minimum Gasteiger partial charge on any atom is -0.454 e. The van der Waals surface area contributed by atoms with Gasteiger partial charge in [0.05, 0.1) is 0 Å². The van der Waals surface area contributed by atoms with E-state index in [0.717, 1.165) is 0 Å². The Balaban J connectivity index is 1.72. The standard InChI is InChI=1S/C16H14N2O4/c1-17-15(19)10-2-5-12(6-3-10)18-16(20)11-4-7-13-14(8-11)22-9-21-13/h2-8H,9H2,1H3,(H,17,19)(H,18,20). The van der Waals surface area contributed by atoms with Crippen molar-refractivity contribution >= 4 is 17.5 Å². The molecule has 2 aromatic rings. The molecule has 0 fully saturated rings. The molecule has 112 valence electrons. The van der Waals surface area contributed by atoms with Crippen LogP contribution in [0.25, 0.3) is 0 Å². The summed E-state index contributed by atoms with van der Waals surface area (Å²) < 4.78 is 10.5. The number of carbonyl (C=O) groups excluding carboxylic acids is 2. The molecule has 2 aromatic carbocycles. The summed E-state index contributed by atoms with van der Waals surface area (Å²) in [4.78, 5) is 23.7. The van der Waals surface area contributed by atoms with Gasteiger partial charge >= 0.3 is 0 Å². The summed E-state index contributed by atoms with van der Waals surface area (Å²) in [6.07, 6.45) is 0. The van der Waals surface area contributed by atoms with Crippen LogP contribution in [0.5, 0.6) is 11.5 Å². The van der Waals surface area contributed by atoms with Crippen molar-refractivity contribution in [2.24, 2.45) is 0 Å². The number of amides is 2. The molecule has 0 saturated heterocycles. The highest BCUT2D eigenvalue weighted by Crippen LogP contribution is 2.32. The van der Waals surface area contributed by atoms with Gasteiger partial charge in [-0.3, -0.25) is 9.59 Å². The first-order valence-electron chi connectivity index (χ1n) is 6.70. The predicted molar refractivity (Wildman–Crippen MR) is 80.4 cm³/mol. The van der Waals surface area contributed by atoms with Crippen LogP contribution in [-0.2, 0) is 0 Å². The van der Waals surface area contributed by atoms with Gasteiger partial charge in [-0.25, -0.2) is 0 Å². The number of nitrogens with one attached hydrogen (secondary N) is 2. The van der Waals surface area contributed by atoms with E-state index in [0.29, 0.717) is 28.3 Å². The van der Waals surface area contributed by atoms with Crippen molar-refractivity contribution in [3.05, 3.63) is 53.6 Å². The van der Waals surface area contributed by atoms with E-state index in [1.165, 1.54) is 0 Å². The Morgan fingerprint density at radius 2 is 1.59 bits per heavy atom. The lowest BCUT2D eigenvalue weighted by Crippen LogP contribution is -2.17.